The molecule has 1 rings (SSSR count). The SMILES string of the molecule is C=C(N)CC(=O)O[C@H]1C[C@@H](ON)[C@H]([C@@H](C)CN)[C@H]1CC(=C)N. The van der Waals surface area contributed by atoms with Crippen molar-refractivity contribution in [1.29, 1.82) is 0 Å². The zero-order valence-electron chi connectivity index (χ0n) is 13.2. The van der Waals surface area contributed by atoms with E-state index < -0.39 is 5.97 Å². The third kappa shape index (κ3) is 4.72. The molecular weight excluding hydrogens is 284 g/mol. The summed E-state index contributed by atoms with van der Waals surface area (Å²) >= 11 is 0. The highest BCUT2D eigenvalue weighted by molar-refractivity contribution is 5.72. The lowest BCUT2D eigenvalue weighted by atomic mass is 9.81. The van der Waals surface area contributed by atoms with Gasteiger partial charge >= 0.3 is 5.97 Å². The Bertz CT molecular complexity index is 427. The molecule has 126 valence electrons. The van der Waals surface area contributed by atoms with Gasteiger partial charge in [-0.3, -0.25) is 4.79 Å². The van der Waals surface area contributed by atoms with E-state index in [1.165, 1.54) is 0 Å². The van der Waals surface area contributed by atoms with Gasteiger partial charge in [0.25, 0.3) is 0 Å². The fourth-order valence-corrected chi connectivity index (χ4v) is 3.28. The first kappa shape index (κ1) is 18.5. The van der Waals surface area contributed by atoms with E-state index in [-0.39, 0.29) is 42.1 Å². The lowest BCUT2D eigenvalue weighted by Gasteiger charge is -2.30. The van der Waals surface area contributed by atoms with Gasteiger partial charge in [-0.05, 0) is 24.8 Å². The third-order valence-electron chi connectivity index (χ3n) is 4.22. The Balaban J connectivity index is 2.91. The molecule has 1 saturated carbocycles. The molecule has 5 atom stereocenters. The first-order chi connectivity index (χ1) is 10.3. The monoisotopic (exact) mass is 312 g/mol. The van der Waals surface area contributed by atoms with Gasteiger partial charge in [-0.25, -0.2) is 5.90 Å². The van der Waals surface area contributed by atoms with Gasteiger partial charge in [0, 0.05) is 23.7 Å². The zero-order valence-corrected chi connectivity index (χ0v) is 13.2. The number of ether oxygens (including phenoxy) is 1. The molecule has 0 aliphatic heterocycles. The lowest BCUT2D eigenvalue weighted by Crippen LogP contribution is -2.35. The number of esters is 1. The molecule has 22 heavy (non-hydrogen) atoms. The highest BCUT2D eigenvalue weighted by Gasteiger charge is 2.47. The Kier molecular flexibility index (Phi) is 6.86. The molecule has 0 spiro atoms. The number of allylic oxidation sites excluding steroid dienone is 1. The van der Waals surface area contributed by atoms with E-state index in [0.717, 1.165) is 0 Å². The summed E-state index contributed by atoms with van der Waals surface area (Å²) < 4.78 is 5.54. The van der Waals surface area contributed by atoms with Crippen LogP contribution in [0.2, 0.25) is 0 Å². The summed E-state index contributed by atoms with van der Waals surface area (Å²) in [6.45, 7) is 9.76. The summed E-state index contributed by atoms with van der Waals surface area (Å²) in [5.74, 6) is 5.18. The molecule has 0 radical (unpaired) electrons. The zero-order chi connectivity index (χ0) is 16.9. The highest BCUT2D eigenvalue weighted by Crippen LogP contribution is 2.42. The summed E-state index contributed by atoms with van der Waals surface area (Å²) in [6.07, 6.45) is 0.433. The van der Waals surface area contributed by atoms with Crippen molar-refractivity contribution in [3.05, 3.63) is 24.6 Å². The maximum atomic E-state index is 11.9. The van der Waals surface area contributed by atoms with Crippen molar-refractivity contribution in [2.45, 2.75) is 38.4 Å². The average molecular weight is 312 g/mol. The second kappa shape index (κ2) is 8.17. The molecule has 1 fully saturated rings. The molecule has 0 saturated heterocycles. The largest absolute Gasteiger partial charge is 0.462 e. The molecule has 1 aliphatic rings. The normalized spacial score (nSPS) is 29.0. The van der Waals surface area contributed by atoms with Gasteiger partial charge in [0.15, 0.2) is 0 Å². The minimum absolute atomic E-state index is 0.0158. The molecule has 7 heteroatoms. The maximum Gasteiger partial charge on any atom is 0.312 e. The van der Waals surface area contributed by atoms with Crippen LogP contribution in [-0.4, -0.2) is 24.7 Å². The molecule has 1 aliphatic carbocycles. The quantitative estimate of drug-likeness (QED) is 0.368. The van der Waals surface area contributed by atoms with Gasteiger partial charge < -0.3 is 26.8 Å². The van der Waals surface area contributed by atoms with Gasteiger partial charge in [0.1, 0.15) is 6.10 Å². The predicted molar refractivity (Wildman–Crippen MR) is 84.6 cm³/mol. The van der Waals surface area contributed by atoms with Crippen molar-refractivity contribution in [3.8, 4) is 0 Å². The number of hydrogen-bond acceptors (Lipinski definition) is 7. The Morgan fingerprint density at radius 1 is 1.27 bits per heavy atom. The third-order valence-corrected chi connectivity index (χ3v) is 4.22. The Morgan fingerprint density at radius 3 is 2.36 bits per heavy atom. The number of rotatable bonds is 8. The summed E-state index contributed by atoms with van der Waals surface area (Å²) in [4.78, 5) is 17.0. The Labute approximate surface area is 131 Å². The number of carbonyl (C=O) groups is 1. The molecule has 0 heterocycles. The van der Waals surface area contributed by atoms with Crippen molar-refractivity contribution in [3.63, 3.8) is 0 Å². The van der Waals surface area contributed by atoms with Crippen LogP contribution in [0.15, 0.2) is 24.6 Å². The lowest BCUT2D eigenvalue weighted by molar-refractivity contribution is -0.150. The summed E-state index contributed by atoms with van der Waals surface area (Å²) in [5.41, 5.74) is 17.8. The predicted octanol–water partition coefficient (Wildman–Crippen LogP) is 0.113. The summed E-state index contributed by atoms with van der Waals surface area (Å²) in [5, 5.41) is 0. The van der Waals surface area contributed by atoms with Gasteiger partial charge in [0.2, 0.25) is 0 Å². The van der Waals surface area contributed by atoms with E-state index in [0.29, 0.717) is 25.1 Å². The van der Waals surface area contributed by atoms with E-state index in [2.05, 4.69) is 13.2 Å². The van der Waals surface area contributed by atoms with Crippen molar-refractivity contribution >= 4 is 5.97 Å². The molecule has 0 unspecified atom stereocenters. The van der Waals surface area contributed by atoms with Crippen molar-refractivity contribution < 1.29 is 14.4 Å². The van der Waals surface area contributed by atoms with Gasteiger partial charge in [-0.1, -0.05) is 20.1 Å². The molecule has 0 aromatic rings. The summed E-state index contributed by atoms with van der Waals surface area (Å²) in [7, 11) is 0. The topological polar surface area (TPSA) is 140 Å². The fraction of sp³-hybridized carbons (Fsp3) is 0.667. The van der Waals surface area contributed by atoms with Crippen LogP contribution in [0.5, 0.6) is 0 Å². The van der Waals surface area contributed by atoms with Crippen LogP contribution in [0.3, 0.4) is 0 Å². The van der Waals surface area contributed by atoms with E-state index in [9.17, 15) is 4.79 Å². The van der Waals surface area contributed by atoms with Crippen LogP contribution in [0.1, 0.15) is 26.2 Å². The van der Waals surface area contributed by atoms with Crippen molar-refractivity contribution in [2.75, 3.05) is 6.54 Å². The van der Waals surface area contributed by atoms with Crippen LogP contribution < -0.4 is 23.1 Å². The second-order valence-electron chi connectivity index (χ2n) is 6.09. The van der Waals surface area contributed by atoms with Crippen LogP contribution in [-0.2, 0) is 14.4 Å². The summed E-state index contributed by atoms with van der Waals surface area (Å²) in [6, 6.07) is 0. The Hall–Kier alpha value is -1.57. The fourth-order valence-electron chi connectivity index (χ4n) is 3.28. The first-order valence-corrected chi connectivity index (χ1v) is 7.41. The molecular formula is C15H28N4O3. The number of carbonyl (C=O) groups excluding carboxylic acids is 1. The molecule has 0 amide bonds. The van der Waals surface area contributed by atoms with E-state index in [4.69, 9.17) is 32.7 Å². The molecule has 7 nitrogen and oxygen atoms in total. The van der Waals surface area contributed by atoms with Crippen molar-refractivity contribution in [1.82, 2.24) is 0 Å². The van der Waals surface area contributed by atoms with Crippen molar-refractivity contribution in [2.24, 2.45) is 40.9 Å². The van der Waals surface area contributed by atoms with E-state index >= 15 is 0 Å². The van der Waals surface area contributed by atoms with Crippen LogP contribution >= 0.6 is 0 Å². The van der Waals surface area contributed by atoms with Crippen LogP contribution in [0.4, 0.5) is 0 Å². The van der Waals surface area contributed by atoms with E-state index in [1.807, 2.05) is 6.92 Å². The molecule has 0 bridgehead atoms. The molecule has 0 aromatic heterocycles. The minimum atomic E-state index is -0.415. The Morgan fingerprint density at radius 2 is 1.91 bits per heavy atom. The van der Waals surface area contributed by atoms with E-state index in [1.54, 1.807) is 0 Å². The van der Waals surface area contributed by atoms with Gasteiger partial charge in [-0.2, -0.15) is 0 Å². The number of hydrogen-bond donors (Lipinski definition) is 4. The second-order valence-corrected chi connectivity index (χ2v) is 6.09. The van der Waals surface area contributed by atoms with Crippen LogP contribution in [0.25, 0.3) is 0 Å². The van der Waals surface area contributed by atoms with Gasteiger partial charge in [-0.15, -0.1) is 0 Å². The van der Waals surface area contributed by atoms with Crippen LogP contribution in [0, 0.1) is 17.8 Å². The standard InChI is InChI=1S/C15H28N4O3/c1-8(7-16)15-11(4-9(2)17)12(6-13(15)22-19)21-14(20)5-10(3)18/h8,11-13,15H,2-7,16-19H2,1H3/t8-,11-,12-,13+,15+/m0/s1. The average Bonchev–Trinajstić information content (AvgIpc) is 2.74. The molecule has 0 aromatic carbocycles. The molecule has 8 N–H and O–H groups in total. The first-order valence-electron chi connectivity index (χ1n) is 7.41. The van der Waals surface area contributed by atoms with Gasteiger partial charge in [0.05, 0.1) is 12.5 Å². The maximum absolute atomic E-state index is 11.9. The highest BCUT2D eigenvalue weighted by atomic mass is 16.6. The smallest absolute Gasteiger partial charge is 0.312 e. The number of nitrogens with two attached hydrogens (primary N) is 4. The minimum Gasteiger partial charge on any atom is -0.462 e.